The van der Waals surface area contributed by atoms with Gasteiger partial charge in [-0.1, -0.05) is 32.9 Å². The van der Waals surface area contributed by atoms with Crippen molar-refractivity contribution in [3.8, 4) is 5.75 Å². The summed E-state index contributed by atoms with van der Waals surface area (Å²) in [4.78, 5) is 22.6. The van der Waals surface area contributed by atoms with Crippen LogP contribution in [0.1, 0.15) is 31.9 Å². The molecule has 0 heterocycles. The number of ether oxygens (including phenoxy) is 1. The van der Waals surface area contributed by atoms with Crippen LogP contribution in [0.2, 0.25) is 0 Å². The molecule has 2 rings (SSSR count). The number of amides is 1. The molecule has 0 spiro atoms. The number of carbonyl (C=O) groups excluding carboxylic acids is 1. The van der Waals surface area contributed by atoms with Crippen molar-refractivity contribution in [2.24, 2.45) is 0 Å². The fourth-order valence-corrected chi connectivity index (χ4v) is 2.86. The third-order valence-electron chi connectivity index (χ3n) is 3.93. The van der Waals surface area contributed by atoms with E-state index in [1.165, 1.54) is 12.1 Å². The zero-order valence-corrected chi connectivity index (χ0v) is 16.7. The van der Waals surface area contributed by atoms with Gasteiger partial charge < -0.3 is 10.1 Å². The van der Waals surface area contributed by atoms with E-state index < -0.39 is 4.92 Å². The summed E-state index contributed by atoms with van der Waals surface area (Å²) in [7, 11) is 0. The van der Waals surface area contributed by atoms with Crippen molar-refractivity contribution >= 4 is 33.2 Å². The zero-order chi connectivity index (χ0) is 19.5. The molecule has 0 aliphatic heterocycles. The molecule has 1 N–H and O–H groups in total. The molecule has 0 aromatic heterocycles. The smallest absolute Gasteiger partial charge is 0.274 e. The van der Waals surface area contributed by atoms with Crippen LogP contribution in [0, 0.1) is 17.0 Å². The monoisotopic (exact) mass is 420 g/mol. The number of hydrogen-bond acceptors (Lipinski definition) is 4. The van der Waals surface area contributed by atoms with Gasteiger partial charge in [0.25, 0.3) is 11.6 Å². The molecule has 7 heteroatoms. The number of rotatable bonds is 5. The first-order valence-corrected chi connectivity index (χ1v) is 8.85. The third-order valence-corrected chi connectivity index (χ3v) is 4.55. The molecular formula is C19H21BrN2O4. The van der Waals surface area contributed by atoms with Crippen molar-refractivity contribution in [1.82, 2.24) is 0 Å². The summed E-state index contributed by atoms with van der Waals surface area (Å²) in [5, 5.41) is 13.6. The van der Waals surface area contributed by atoms with E-state index in [0.717, 1.165) is 10.0 Å². The molecule has 2 aromatic rings. The topological polar surface area (TPSA) is 81.5 Å². The van der Waals surface area contributed by atoms with Gasteiger partial charge in [-0.2, -0.15) is 0 Å². The Bertz CT molecular complexity index is 844. The Morgan fingerprint density at radius 2 is 1.96 bits per heavy atom. The van der Waals surface area contributed by atoms with Gasteiger partial charge in [0.15, 0.2) is 6.61 Å². The van der Waals surface area contributed by atoms with Gasteiger partial charge in [-0.3, -0.25) is 14.9 Å². The lowest BCUT2D eigenvalue weighted by Crippen LogP contribution is -2.21. The lowest BCUT2D eigenvalue weighted by molar-refractivity contribution is -0.385. The highest BCUT2D eigenvalue weighted by Crippen LogP contribution is 2.31. The molecule has 0 saturated heterocycles. The Labute approximate surface area is 160 Å². The van der Waals surface area contributed by atoms with Gasteiger partial charge in [0.05, 0.1) is 20.6 Å². The van der Waals surface area contributed by atoms with Crippen LogP contribution in [-0.4, -0.2) is 17.4 Å². The van der Waals surface area contributed by atoms with Crippen molar-refractivity contribution in [3.05, 3.63) is 62.1 Å². The molecule has 1 amide bonds. The van der Waals surface area contributed by atoms with Gasteiger partial charge in [0.1, 0.15) is 5.75 Å². The number of hydrogen-bond donors (Lipinski definition) is 1. The quantitative estimate of drug-likeness (QED) is 0.545. The van der Waals surface area contributed by atoms with Crippen molar-refractivity contribution < 1.29 is 14.5 Å². The molecule has 0 bridgehead atoms. The van der Waals surface area contributed by atoms with Crippen LogP contribution in [0.25, 0.3) is 0 Å². The molecule has 26 heavy (non-hydrogen) atoms. The first-order valence-electron chi connectivity index (χ1n) is 8.06. The van der Waals surface area contributed by atoms with Gasteiger partial charge in [-0.25, -0.2) is 0 Å². The lowest BCUT2D eigenvalue weighted by Gasteiger charge is -2.20. The van der Waals surface area contributed by atoms with Crippen LogP contribution < -0.4 is 10.1 Å². The normalized spacial score (nSPS) is 11.1. The van der Waals surface area contributed by atoms with Gasteiger partial charge in [-0.15, -0.1) is 0 Å². The van der Waals surface area contributed by atoms with E-state index in [1.54, 1.807) is 13.0 Å². The predicted molar refractivity (Wildman–Crippen MR) is 105 cm³/mol. The largest absolute Gasteiger partial charge is 0.483 e. The molecule has 2 aromatic carbocycles. The molecule has 138 valence electrons. The molecule has 0 fully saturated rings. The Balaban J connectivity index is 2.04. The number of nitro groups is 1. The van der Waals surface area contributed by atoms with Crippen molar-refractivity contribution in [2.75, 3.05) is 11.9 Å². The van der Waals surface area contributed by atoms with E-state index >= 15 is 0 Å². The standard InChI is InChI=1S/C19H21BrN2O4/c1-12-15(6-5-7-16(12)22(24)25)21-18(23)11-26-17-9-8-13(10-14(17)20)19(2,3)4/h5-10H,11H2,1-4H3,(H,21,23). The van der Waals surface area contributed by atoms with Crippen LogP contribution in [0.15, 0.2) is 40.9 Å². The minimum absolute atomic E-state index is 0.0119. The zero-order valence-electron chi connectivity index (χ0n) is 15.1. The number of nitrogens with zero attached hydrogens (tertiary/aromatic N) is 1. The SMILES string of the molecule is Cc1c(NC(=O)COc2ccc(C(C)(C)C)cc2Br)cccc1[N+](=O)[O-]. The Hall–Kier alpha value is -2.41. The summed E-state index contributed by atoms with van der Waals surface area (Å²) >= 11 is 3.46. The Kier molecular flexibility index (Phi) is 6.02. The number of benzene rings is 2. The summed E-state index contributed by atoms with van der Waals surface area (Å²) in [6, 6.07) is 10.3. The number of nitrogens with one attached hydrogen (secondary N) is 1. The van der Waals surface area contributed by atoms with Crippen LogP contribution in [0.3, 0.4) is 0 Å². The van der Waals surface area contributed by atoms with Gasteiger partial charge in [-0.05, 0) is 52.0 Å². The second kappa shape index (κ2) is 7.86. The summed E-state index contributed by atoms with van der Waals surface area (Å²) in [5.74, 6) is 0.171. The fourth-order valence-electron chi connectivity index (χ4n) is 2.37. The minimum atomic E-state index is -0.477. The van der Waals surface area contributed by atoms with Gasteiger partial charge >= 0.3 is 0 Å². The molecule has 0 saturated carbocycles. The molecule has 0 aliphatic rings. The van der Waals surface area contributed by atoms with Gasteiger partial charge in [0, 0.05) is 6.07 Å². The molecule has 0 atom stereocenters. The average molecular weight is 421 g/mol. The van der Waals surface area contributed by atoms with E-state index in [9.17, 15) is 14.9 Å². The number of anilines is 1. The second-order valence-electron chi connectivity index (χ2n) is 6.94. The van der Waals surface area contributed by atoms with Gasteiger partial charge in [0.2, 0.25) is 0 Å². The van der Waals surface area contributed by atoms with E-state index in [4.69, 9.17) is 4.74 Å². The highest BCUT2D eigenvalue weighted by atomic mass is 79.9. The van der Waals surface area contributed by atoms with E-state index in [2.05, 4.69) is 42.0 Å². The number of nitro benzene ring substituents is 1. The lowest BCUT2D eigenvalue weighted by atomic mass is 9.87. The van der Waals surface area contributed by atoms with E-state index in [0.29, 0.717) is 17.0 Å². The first-order chi connectivity index (χ1) is 12.1. The highest BCUT2D eigenvalue weighted by molar-refractivity contribution is 9.10. The maximum Gasteiger partial charge on any atom is 0.274 e. The third kappa shape index (κ3) is 4.82. The highest BCUT2D eigenvalue weighted by Gasteiger charge is 2.17. The van der Waals surface area contributed by atoms with Crippen LogP contribution in [0.5, 0.6) is 5.75 Å². The Morgan fingerprint density at radius 3 is 2.54 bits per heavy atom. The first kappa shape index (κ1) is 19.9. The van der Waals surface area contributed by atoms with Crippen LogP contribution in [0.4, 0.5) is 11.4 Å². The maximum atomic E-state index is 12.1. The van der Waals surface area contributed by atoms with Crippen molar-refractivity contribution in [1.29, 1.82) is 0 Å². The van der Waals surface area contributed by atoms with Crippen molar-refractivity contribution in [2.45, 2.75) is 33.1 Å². The summed E-state index contributed by atoms with van der Waals surface area (Å²) < 4.78 is 6.33. The molecule has 0 aliphatic carbocycles. The summed E-state index contributed by atoms with van der Waals surface area (Å²) in [6.45, 7) is 7.74. The predicted octanol–water partition coefficient (Wildman–Crippen LogP) is 4.98. The van der Waals surface area contributed by atoms with Crippen LogP contribution >= 0.6 is 15.9 Å². The summed E-state index contributed by atoms with van der Waals surface area (Å²) in [5.41, 5.74) is 1.92. The molecule has 6 nitrogen and oxygen atoms in total. The molecular weight excluding hydrogens is 400 g/mol. The molecule has 0 unspecified atom stereocenters. The average Bonchev–Trinajstić information content (AvgIpc) is 2.54. The summed E-state index contributed by atoms with van der Waals surface area (Å²) in [6.07, 6.45) is 0. The Morgan fingerprint density at radius 1 is 1.27 bits per heavy atom. The second-order valence-corrected chi connectivity index (χ2v) is 7.79. The van der Waals surface area contributed by atoms with Crippen molar-refractivity contribution in [3.63, 3.8) is 0 Å². The fraction of sp³-hybridized carbons (Fsp3) is 0.316. The maximum absolute atomic E-state index is 12.1. The van der Waals surface area contributed by atoms with E-state index in [1.807, 2.05) is 18.2 Å². The number of carbonyl (C=O) groups is 1. The van der Waals surface area contributed by atoms with E-state index in [-0.39, 0.29) is 23.6 Å². The minimum Gasteiger partial charge on any atom is -0.483 e. The van der Waals surface area contributed by atoms with Crippen LogP contribution in [-0.2, 0) is 10.2 Å². The molecule has 0 radical (unpaired) electrons. The number of halogens is 1.